The fourth-order valence-electron chi connectivity index (χ4n) is 2.28. The van der Waals surface area contributed by atoms with E-state index in [1.807, 2.05) is 0 Å². The highest BCUT2D eigenvalue weighted by Crippen LogP contribution is 2.26. The highest BCUT2D eigenvalue weighted by atomic mass is 16.5. The molecule has 152 valence electrons. The van der Waals surface area contributed by atoms with Gasteiger partial charge in [-0.1, -0.05) is 0 Å². The summed E-state index contributed by atoms with van der Waals surface area (Å²) < 4.78 is 25.3. The van der Waals surface area contributed by atoms with Crippen LogP contribution in [0.15, 0.2) is 28.9 Å². The molecular formula is C18H23N3O7. The second-order valence-corrected chi connectivity index (χ2v) is 5.56. The lowest BCUT2D eigenvalue weighted by molar-refractivity contribution is 0.0594. The molecule has 1 N–H and O–H groups in total. The summed E-state index contributed by atoms with van der Waals surface area (Å²) in [5.41, 5.74) is 0.522. The first-order valence-electron chi connectivity index (χ1n) is 8.31. The number of carbonyl (C=O) groups excluding carboxylic acids is 2. The average Bonchev–Trinajstić information content (AvgIpc) is 3.18. The van der Waals surface area contributed by atoms with E-state index >= 15 is 0 Å². The predicted octanol–water partition coefficient (Wildman–Crippen LogP) is 2.16. The molecule has 1 aromatic carbocycles. The minimum atomic E-state index is -0.619. The van der Waals surface area contributed by atoms with Crippen LogP contribution in [-0.4, -0.2) is 63.5 Å². The van der Waals surface area contributed by atoms with Gasteiger partial charge in [0.25, 0.3) is 0 Å². The molecule has 0 aliphatic heterocycles. The van der Waals surface area contributed by atoms with E-state index in [-0.39, 0.29) is 24.7 Å². The van der Waals surface area contributed by atoms with Gasteiger partial charge in [0, 0.05) is 37.5 Å². The van der Waals surface area contributed by atoms with E-state index in [1.165, 1.54) is 39.6 Å². The van der Waals surface area contributed by atoms with E-state index in [0.29, 0.717) is 23.8 Å². The predicted molar refractivity (Wildman–Crippen MR) is 98.7 cm³/mol. The number of carbonyl (C=O) groups is 2. The van der Waals surface area contributed by atoms with Gasteiger partial charge in [-0.15, -0.1) is 0 Å². The Labute approximate surface area is 162 Å². The quantitative estimate of drug-likeness (QED) is 0.645. The Hall–Kier alpha value is -3.27. The zero-order valence-corrected chi connectivity index (χ0v) is 16.2. The number of methoxy groups -OCH3 is 4. The van der Waals surface area contributed by atoms with Crippen molar-refractivity contribution in [2.75, 3.05) is 46.9 Å². The number of nitrogens with one attached hydrogen (secondary N) is 1. The number of nitrogens with zero attached hydrogens (tertiary/aromatic N) is 2. The van der Waals surface area contributed by atoms with Crippen LogP contribution in [0.2, 0.25) is 0 Å². The van der Waals surface area contributed by atoms with Gasteiger partial charge in [0.2, 0.25) is 5.89 Å². The van der Waals surface area contributed by atoms with Crippen LogP contribution in [0.4, 0.5) is 10.5 Å². The van der Waals surface area contributed by atoms with Gasteiger partial charge in [0.05, 0.1) is 34.5 Å². The minimum Gasteiger partial charge on any atom is -0.497 e. The first-order chi connectivity index (χ1) is 13.5. The fourth-order valence-corrected chi connectivity index (χ4v) is 2.28. The molecular weight excluding hydrogens is 370 g/mol. The standard InChI is InChI=1S/C18H23N3O7/c1-24-6-5-21(10-16-20-15(11-28-16)17(22)27-4)18(23)19-12-7-13(25-2)9-14(8-12)26-3/h7-9,11H,5-6,10H2,1-4H3,(H,19,23). The van der Waals surface area contributed by atoms with Gasteiger partial charge < -0.3 is 33.6 Å². The van der Waals surface area contributed by atoms with E-state index < -0.39 is 12.0 Å². The van der Waals surface area contributed by atoms with Crippen LogP contribution in [0.25, 0.3) is 0 Å². The van der Waals surface area contributed by atoms with Gasteiger partial charge in [-0.25, -0.2) is 14.6 Å². The Morgan fingerprint density at radius 2 is 1.79 bits per heavy atom. The molecule has 28 heavy (non-hydrogen) atoms. The number of oxazole rings is 1. The lowest BCUT2D eigenvalue weighted by atomic mass is 10.3. The van der Waals surface area contributed by atoms with Crippen molar-refractivity contribution in [1.29, 1.82) is 0 Å². The molecule has 0 saturated heterocycles. The third-order valence-electron chi connectivity index (χ3n) is 3.73. The molecule has 0 saturated carbocycles. The van der Waals surface area contributed by atoms with Crippen LogP contribution < -0.4 is 14.8 Å². The van der Waals surface area contributed by atoms with Crippen molar-refractivity contribution in [3.63, 3.8) is 0 Å². The number of aromatic nitrogens is 1. The Balaban J connectivity index is 2.14. The second-order valence-electron chi connectivity index (χ2n) is 5.56. The molecule has 0 unspecified atom stereocenters. The molecule has 1 heterocycles. The maximum atomic E-state index is 12.7. The average molecular weight is 393 g/mol. The van der Waals surface area contributed by atoms with Crippen LogP contribution in [0.5, 0.6) is 11.5 Å². The van der Waals surface area contributed by atoms with Crippen LogP contribution in [-0.2, 0) is 16.0 Å². The fraction of sp³-hybridized carbons (Fsp3) is 0.389. The summed E-state index contributed by atoms with van der Waals surface area (Å²) in [5.74, 6) is 0.642. The van der Waals surface area contributed by atoms with Gasteiger partial charge in [0.15, 0.2) is 5.69 Å². The van der Waals surface area contributed by atoms with Crippen LogP contribution in [0.1, 0.15) is 16.4 Å². The smallest absolute Gasteiger partial charge is 0.360 e. The number of urea groups is 1. The summed E-state index contributed by atoms with van der Waals surface area (Å²) in [6, 6.07) is 4.61. The number of hydrogen-bond acceptors (Lipinski definition) is 8. The lowest BCUT2D eigenvalue weighted by Crippen LogP contribution is -2.37. The molecule has 0 aliphatic carbocycles. The summed E-state index contributed by atoms with van der Waals surface area (Å²) in [5, 5.41) is 2.77. The molecule has 10 heteroatoms. The number of rotatable bonds is 9. The number of hydrogen-bond donors (Lipinski definition) is 1. The third kappa shape index (κ3) is 5.61. The van der Waals surface area contributed by atoms with Crippen molar-refractivity contribution in [3.8, 4) is 11.5 Å². The number of anilines is 1. The topological polar surface area (TPSA) is 112 Å². The largest absolute Gasteiger partial charge is 0.497 e. The third-order valence-corrected chi connectivity index (χ3v) is 3.73. The Morgan fingerprint density at radius 1 is 1.11 bits per heavy atom. The molecule has 0 atom stereocenters. The molecule has 0 spiro atoms. The van der Waals surface area contributed by atoms with E-state index in [9.17, 15) is 9.59 Å². The first-order valence-corrected chi connectivity index (χ1v) is 8.31. The molecule has 0 bridgehead atoms. The van der Waals surface area contributed by atoms with Gasteiger partial charge in [-0.05, 0) is 0 Å². The summed E-state index contributed by atoms with van der Waals surface area (Å²) >= 11 is 0. The van der Waals surface area contributed by atoms with Gasteiger partial charge >= 0.3 is 12.0 Å². The molecule has 10 nitrogen and oxygen atoms in total. The maximum Gasteiger partial charge on any atom is 0.360 e. The molecule has 2 aromatic rings. The lowest BCUT2D eigenvalue weighted by Gasteiger charge is -2.21. The van der Waals surface area contributed by atoms with E-state index in [2.05, 4.69) is 15.0 Å². The summed E-state index contributed by atoms with van der Waals surface area (Å²) in [7, 11) is 5.82. The number of benzene rings is 1. The number of ether oxygens (including phenoxy) is 4. The monoisotopic (exact) mass is 393 g/mol. The normalized spacial score (nSPS) is 10.3. The zero-order valence-electron chi connectivity index (χ0n) is 16.2. The highest BCUT2D eigenvalue weighted by Gasteiger charge is 2.19. The van der Waals surface area contributed by atoms with E-state index in [4.69, 9.17) is 18.6 Å². The molecule has 0 radical (unpaired) electrons. The number of amides is 2. The molecule has 0 aliphatic rings. The van der Waals surface area contributed by atoms with E-state index in [1.54, 1.807) is 18.2 Å². The van der Waals surface area contributed by atoms with Crippen molar-refractivity contribution >= 4 is 17.7 Å². The molecule has 2 rings (SSSR count). The van der Waals surface area contributed by atoms with Crippen molar-refractivity contribution in [2.24, 2.45) is 0 Å². The van der Waals surface area contributed by atoms with Crippen molar-refractivity contribution in [3.05, 3.63) is 36.0 Å². The summed E-state index contributed by atoms with van der Waals surface area (Å²) in [6.45, 7) is 0.617. The second kappa shape index (κ2) is 10.2. The van der Waals surface area contributed by atoms with Crippen molar-refractivity contribution < 1.29 is 33.0 Å². The van der Waals surface area contributed by atoms with Crippen LogP contribution >= 0.6 is 0 Å². The Kier molecular flexibility index (Phi) is 7.64. The number of esters is 1. The minimum absolute atomic E-state index is 0.0298. The molecule has 2 amide bonds. The van der Waals surface area contributed by atoms with E-state index in [0.717, 1.165) is 0 Å². The van der Waals surface area contributed by atoms with Crippen molar-refractivity contribution in [2.45, 2.75) is 6.54 Å². The maximum absolute atomic E-state index is 12.7. The van der Waals surface area contributed by atoms with Gasteiger partial charge in [-0.3, -0.25) is 0 Å². The van der Waals surface area contributed by atoms with Crippen molar-refractivity contribution in [1.82, 2.24) is 9.88 Å². The SMILES string of the molecule is COCCN(Cc1nc(C(=O)OC)co1)C(=O)Nc1cc(OC)cc(OC)c1. The van der Waals surface area contributed by atoms with Gasteiger partial charge in [-0.2, -0.15) is 0 Å². The van der Waals surface area contributed by atoms with Crippen LogP contribution in [0, 0.1) is 0 Å². The Morgan fingerprint density at radius 3 is 2.36 bits per heavy atom. The molecule has 0 fully saturated rings. The molecule has 1 aromatic heterocycles. The summed E-state index contributed by atoms with van der Waals surface area (Å²) in [4.78, 5) is 29.7. The Bertz CT molecular complexity index is 784. The zero-order chi connectivity index (χ0) is 20.5. The van der Waals surface area contributed by atoms with Crippen LogP contribution in [0.3, 0.4) is 0 Å². The van der Waals surface area contributed by atoms with Gasteiger partial charge in [0.1, 0.15) is 17.8 Å². The first kappa shape index (κ1) is 21.0. The summed E-state index contributed by atoms with van der Waals surface area (Å²) in [6.07, 6.45) is 1.18. The highest BCUT2D eigenvalue weighted by molar-refractivity contribution is 5.90.